The van der Waals surface area contributed by atoms with Gasteiger partial charge in [0.05, 0.1) is 17.7 Å². The summed E-state index contributed by atoms with van der Waals surface area (Å²) in [5, 5.41) is 0. The molecule has 0 aliphatic heterocycles. The molecule has 0 unspecified atom stereocenters. The zero-order valence-electron chi connectivity index (χ0n) is 17.7. The van der Waals surface area contributed by atoms with Crippen LogP contribution in [-0.2, 0) is 18.3 Å². The molecular weight excluding hydrogens is 449 g/mol. The Morgan fingerprint density at radius 1 is 0.727 bits per heavy atom. The molecule has 0 heterocycles. The van der Waals surface area contributed by atoms with Crippen molar-refractivity contribution in [1.29, 1.82) is 0 Å². The molecular formula is C25H19F7O. The van der Waals surface area contributed by atoms with Gasteiger partial charge in [-0.05, 0) is 53.8 Å². The van der Waals surface area contributed by atoms with Crippen molar-refractivity contribution >= 4 is 0 Å². The molecule has 8 heteroatoms. The van der Waals surface area contributed by atoms with Gasteiger partial charge in [0.15, 0.2) is 11.6 Å². The first-order chi connectivity index (χ1) is 15.6. The van der Waals surface area contributed by atoms with Crippen LogP contribution in [0.25, 0.3) is 22.3 Å². The standard InChI is InChI=1S/C25H19F7O/c1-3-5-13-6-7-14(12-18(13)26)15-8-9-16-17-10-11-19(33-4-2)23(28)21(17)25(31,32)24(29,30)20(16)22(15)27/h6-12H,3-5H2,1-2H3. The Labute approximate surface area is 185 Å². The van der Waals surface area contributed by atoms with Crippen molar-refractivity contribution in [2.24, 2.45) is 0 Å². The van der Waals surface area contributed by atoms with Crippen molar-refractivity contribution in [1.82, 2.24) is 0 Å². The first-order valence-corrected chi connectivity index (χ1v) is 10.4. The highest BCUT2D eigenvalue weighted by atomic mass is 19.3. The van der Waals surface area contributed by atoms with Crippen LogP contribution in [0.15, 0.2) is 42.5 Å². The monoisotopic (exact) mass is 468 g/mol. The van der Waals surface area contributed by atoms with E-state index in [0.717, 1.165) is 30.3 Å². The lowest BCUT2D eigenvalue weighted by atomic mass is 9.78. The third-order valence-corrected chi connectivity index (χ3v) is 5.74. The number of rotatable bonds is 5. The number of alkyl halides is 4. The average Bonchev–Trinajstić information content (AvgIpc) is 2.75. The molecule has 0 N–H and O–H groups in total. The van der Waals surface area contributed by atoms with Crippen LogP contribution in [0.5, 0.6) is 5.75 Å². The van der Waals surface area contributed by atoms with E-state index in [9.17, 15) is 17.6 Å². The van der Waals surface area contributed by atoms with E-state index in [-0.39, 0.29) is 12.2 Å². The van der Waals surface area contributed by atoms with Crippen LogP contribution in [0.3, 0.4) is 0 Å². The Morgan fingerprint density at radius 2 is 1.30 bits per heavy atom. The second kappa shape index (κ2) is 8.08. The Bertz CT molecular complexity index is 1230. The molecule has 1 nitrogen and oxygen atoms in total. The van der Waals surface area contributed by atoms with Gasteiger partial charge >= 0.3 is 11.8 Å². The minimum Gasteiger partial charge on any atom is -0.491 e. The van der Waals surface area contributed by atoms with Gasteiger partial charge in [0, 0.05) is 5.56 Å². The molecule has 1 aliphatic carbocycles. The largest absolute Gasteiger partial charge is 0.491 e. The van der Waals surface area contributed by atoms with Gasteiger partial charge in [0.25, 0.3) is 0 Å². The second-order valence-corrected chi connectivity index (χ2v) is 7.79. The second-order valence-electron chi connectivity index (χ2n) is 7.79. The van der Waals surface area contributed by atoms with Crippen molar-refractivity contribution in [3.63, 3.8) is 0 Å². The van der Waals surface area contributed by atoms with Crippen molar-refractivity contribution in [3.05, 3.63) is 76.6 Å². The van der Waals surface area contributed by atoms with Crippen LogP contribution < -0.4 is 4.74 Å². The van der Waals surface area contributed by atoms with Crippen molar-refractivity contribution in [2.75, 3.05) is 6.61 Å². The quantitative estimate of drug-likeness (QED) is 0.345. The number of aryl methyl sites for hydroxylation is 1. The van der Waals surface area contributed by atoms with Gasteiger partial charge in [-0.25, -0.2) is 13.2 Å². The molecule has 174 valence electrons. The van der Waals surface area contributed by atoms with E-state index in [1.54, 1.807) is 0 Å². The highest BCUT2D eigenvalue weighted by molar-refractivity contribution is 5.81. The van der Waals surface area contributed by atoms with E-state index in [2.05, 4.69) is 0 Å². The van der Waals surface area contributed by atoms with Gasteiger partial charge in [-0.3, -0.25) is 0 Å². The minimum absolute atomic E-state index is 0.0696. The predicted octanol–water partition coefficient (Wildman–Crippen LogP) is 7.99. The lowest BCUT2D eigenvalue weighted by Gasteiger charge is -2.35. The first-order valence-electron chi connectivity index (χ1n) is 10.4. The van der Waals surface area contributed by atoms with E-state index < -0.39 is 62.9 Å². The first kappa shape index (κ1) is 23.1. The Morgan fingerprint density at radius 3 is 1.88 bits per heavy atom. The van der Waals surface area contributed by atoms with Crippen molar-refractivity contribution < 1.29 is 35.5 Å². The Balaban J connectivity index is 1.96. The molecule has 0 bridgehead atoms. The maximum atomic E-state index is 15.4. The Kier molecular flexibility index (Phi) is 5.66. The topological polar surface area (TPSA) is 9.23 Å². The summed E-state index contributed by atoms with van der Waals surface area (Å²) >= 11 is 0. The summed E-state index contributed by atoms with van der Waals surface area (Å²) in [5.41, 5.74) is -4.39. The number of ether oxygens (including phenoxy) is 1. The maximum Gasteiger partial charge on any atom is 0.343 e. The molecule has 3 aromatic carbocycles. The zero-order valence-corrected chi connectivity index (χ0v) is 17.7. The molecule has 3 aromatic rings. The van der Waals surface area contributed by atoms with E-state index >= 15 is 13.2 Å². The number of halogens is 7. The molecule has 4 rings (SSSR count). The van der Waals surface area contributed by atoms with Crippen LogP contribution in [0.2, 0.25) is 0 Å². The summed E-state index contributed by atoms with van der Waals surface area (Å²) in [6, 6.07) is 7.89. The fourth-order valence-corrected chi connectivity index (χ4v) is 4.19. The van der Waals surface area contributed by atoms with Gasteiger partial charge < -0.3 is 4.74 Å². The third-order valence-electron chi connectivity index (χ3n) is 5.74. The fraction of sp³-hybridized carbons (Fsp3) is 0.280. The number of hydrogen-bond donors (Lipinski definition) is 0. The third kappa shape index (κ3) is 3.38. The molecule has 0 saturated heterocycles. The normalized spacial score (nSPS) is 15.7. The van der Waals surface area contributed by atoms with Crippen LogP contribution in [0.4, 0.5) is 30.7 Å². The summed E-state index contributed by atoms with van der Waals surface area (Å²) in [5.74, 6) is -14.6. The number of fused-ring (bicyclic) bond motifs is 3. The highest BCUT2D eigenvalue weighted by Crippen LogP contribution is 2.60. The summed E-state index contributed by atoms with van der Waals surface area (Å²) in [6.07, 6.45) is 1.08. The smallest absolute Gasteiger partial charge is 0.343 e. The SMILES string of the molecule is CCCc1ccc(-c2ccc3c(c2F)C(F)(F)C(F)(F)c2c-3ccc(OCC)c2F)cc1F. The Hall–Kier alpha value is -3.03. The number of benzene rings is 3. The summed E-state index contributed by atoms with van der Waals surface area (Å²) in [6.45, 7) is 3.26. The summed E-state index contributed by atoms with van der Waals surface area (Å²) < 4.78 is 110. The number of hydrogen-bond acceptors (Lipinski definition) is 1. The molecule has 0 atom stereocenters. The molecule has 0 amide bonds. The summed E-state index contributed by atoms with van der Waals surface area (Å²) in [7, 11) is 0. The van der Waals surface area contributed by atoms with Crippen molar-refractivity contribution in [3.8, 4) is 28.0 Å². The highest BCUT2D eigenvalue weighted by Gasteiger charge is 2.65. The zero-order chi connectivity index (χ0) is 24.1. The van der Waals surface area contributed by atoms with E-state index in [1.807, 2.05) is 6.92 Å². The molecule has 1 aliphatic rings. The minimum atomic E-state index is -5.07. The maximum absolute atomic E-state index is 15.4. The lowest BCUT2D eigenvalue weighted by molar-refractivity contribution is -0.227. The molecule has 0 radical (unpaired) electrons. The predicted molar refractivity (Wildman–Crippen MR) is 110 cm³/mol. The van der Waals surface area contributed by atoms with Crippen LogP contribution in [-0.4, -0.2) is 6.61 Å². The lowest BCUT2D eigenvalue weighted by Crippen LogP contribution is -2.41. The van der Waals surface area contributed by atoms with Gasteiger partial charge in [-0.15, -0.1) is 0 Å². The fourth-order valence-electron chi connectivity index (χ4n) is 4.19. The van der Waals surface area contributed by atoms with E-state index in [0.29, 0.717) is 18.4 Å². The molecule has 0 saturated carbocycles. The van der Waals surface area contributed by atoms with E-state index in [1.165, 1.54) is 19.1 Å². The molecule has 0 spiro atoms. The molecule has 0 aromatic heterocycles. The van der Waals surface area contributed by atoms with Gasteiger partial charge in [-0.2, -0.15) is 17.6 Å². The van der Waals surface area contributed by atoms with Crippen LogP contribution in [0.1, 0.15) is 37.0 Å². The van der Waals surface area contributed by atoms with Crippen molar-refractivity contribution in [2.45, 2.75) is 38.5 Å². The average molecular weight is 468 g/mol. The van der Waals surface area contributed by atoms with E-state index in [4.69, 9.17) is 4.74 Å². The summed E-state index contributed by atoms with van der Waals surface area (Å²) in [4.78, 5) is 0. The molecule has 0 fully saturated rings. The van der Waals surface area contributed by atoms with Crippen LogP contribution >= 0.6 is 0 Å². The van der Waals surface area contributed by atoms with Crippen LogP contribution in [0, 0.1) is 17.5 Å². The van der Waals surface area contributed by atoms with Gasteiger partial charge in [-0.1, -0.05) is 37.6 Å². The van der Waals surface area contributed by atoms with Gasteiger partial charge in [0.2, 0.25) is 0 Å². The molecule has 33 heavy (non-hydrogen) atoms. The van der Waals surface area contributed by atoms with Gasteiger partial charge in [0.1, 0.15) is 11.6 Å².